The molecule has 0 bridgehead atoms. The van der Waals surface area contributed by atoms with Crippen molar-refractivity contribution in [3.8, 4) is 5.75 Å². The first kappa shape index (κ1) is 21.5. The summed E-state index contributed by atoms with van der Waals surface area (Å²) in [6, 6.07) is 3.91. The molecule has 0 aromatic heterocycles. The summed E-state index contributed by atoms with van der Waals surface area (Å²) in [6.45, 7) is 1.06. The Kier molecular flexibility index (Phi) is 5.16. The van der Waals surface area contributed by atoms with Crippen LogP contribution in [-0.4, -0.2) is 92.4 Å². The predicted molar refractivity (Wildman–Crippen MR) is 97.6 cm³/mol. The first-order valence-corrected chi connectivity index (χ1v) is 10.8. The number of alkyl halides is 3. The minimum atomic E-state index is -4.93. The fraction of sp³-hybridized carbons (Fsp3) is 0.529. The molecule has 1 aromatic rings. The van der Waals surface area contributed by atoms with Crippen molar-refractivity contribution in [2.45, 2.75) is 16.8 Å². The lowest BCUT2D eigenvalue weighted by Gasteiger charge is -2.48. The predicted octanol–water partition coefficient (Wildman–Crippen LogP) is 0.806. The van der Waals surface area contributed by atoms with Crippen LogP contribution >= 0.6 is 0 Å². The number of benzene rings is 1. The Hall–Kier alpha value is -2.74. The average Bonchev–Trinajstić information content (AvgIpc) is 3.07. The molecule has 0 unspecified atom stereocenters. The van der Waals surface area contributed by atoms with Crippen molar-refractivity contribution in [2.24, 2.45) is 0 Å². The Bertz CT molecular complexity index is 988. The summed E-state index contributed by atoms with van der Waals surface area (Å²) in [4.78, 5) is 26.5. The van der Waals surface area contributed by atoms with Crippen molar-refractivity contribution in [1.82, 2.24) is 19.4 Å². The Labute approximate surface area is 175 Å². The van der Waals surface area contributed by atoms with Gasteiger partial charge in [-0.1, -0.05) is 6.07 Å². The van der Waals surface area contributed by atoms with Crippen LogP contribution in [0, 0.1) is 0 Å². The Morgan fingerprint density at radius 2 is 1.81 bits per heavy atom. The third-order valence-electron chi connectivity index (χ3n) is 5.29. The molecule has 1 N–H and O–H groups in total. The third kappa shape index (κ3) is 4.35. The molecule has 3 fully saturated rings. The first-order valence-electron chi connectivity index (χ1n) is 9.32. The number of carbonyl (C=O) groups excluding carboxylic acids is 2. The van der Waals surface area contributed by atoms with Gasteiger partial charge >= 0.3 is 18.5 Å². The molecule has 3 saturated heterocycles. The van der Waals surface area contributed by atoms with E-state index >= 15 is 0 Å². The lowest BCUT2D eigenvalue weighted by molar-refractivity contribution is -0.274. The number of ether oxygens (including phenoxy) is 2. The van der Waals surface area contributed by atoms with Crippen LogP contribution in [0.4, 0.5) is 22.8 Å². The largest absolute Gasteiger partial charge is 0.573 e. The molecule has 4 rings (SSSR count). The van der Waals surface area contributed by atoms with Crippen molar-refractivity contribution in [3.63, 3.8) is 0 Å². The number of alkyl carbamates (subject to hydrolysis) is 1. The number of nitrogens with one attached hydrogen (secondary N) is 1. The molecule has 0 saturated carbocycles. The smallest absolute Gasteiger partial charge is 0.447 e. The number of cyclic esters (lactones) is 1. The van der Waals surface area contributed by atoms with Crippen molar-refractivity contribution in [2.75, 3.05) is 45.9 Å². The molecule has 31 heavy (non-hydrogen) atoms. The maximum Gasteiger partial charge on any atom is 0.573 e. The van der Waals surface area contributed by atoms with Gasteiger partial charge in [-0.15, -0.1) is 13.2 Å². The Morgan fingerprint density at radius 1 is 1.13 bits per heavy atom. The van der Waals surface area contributed by atoms with Crippen LogP contribution < -0.4 is 10.1 Å². The number of hydrogen-bond donors (Lipinski definition) is 1. The van der Waals surface area contributed by atoms with E-state index in [0.717, 1.165) is 16.4 Å². The van der Waals surface area contributed by atoms with Crippen LogP contribution in [0.2, 0.25) is 0 Å². The zero-order valence-corrected chi connectivity index (χ0v) is 16.9. The van der Waals surface area contributed by atoms with E-state index in [1.165, 1.54) is 21.9 Å². The van der Waals surface area contributed by atoms with Crippen molar-refractivity contribution in [3.05, 3.63) is 24.3 Å². The molecule has 3 aliphatic heterocycles. The van der Waals surface area contributed by atoms with Gasteiger partial charge in [0.25, 0.3) is 0 Å². The van der Waals surface area contributed by atoms with Crippen LogP contribution in [0.5, 0.6) is 5.75 Å². The third-order valence-corrected chi connectivity index (χ3v) is 7.19. The van der Waals surface area contributed by atoms with E-state index < -0.39 is 33.8 Å². The maximum absolute atomic E-state index is 12.8. The molecule has 0 aliphatic carbocycles. The van der Waals surface area contributed by atoms with Gasteiger partial charge < -0.3 is 24.6 Å². The second kappa shape index (κ2) is 7.44. The van der Waals surface area contributed by atoms with Crippen LogP contribution in [0.25, 0.3) is 0 Å². The van der Waals surface area contributed by atoms with E-state index in [1.807, 2.05) is 0 Å². The summed E-state index contributed by atoms with van der Waals surface area (Å²) in [5.41, 5.74) is -0.554. The average molecular weight is 464 g/mol. The number of rotatable bonds is 3. The maximum atomic E-state index is 12.8. The Morgan fingerprint density at radius 3 is 2.39 bits per heavy atom. The quantitative estimate of drug-likeness (QED) is 0.709. The molecular formula is C17H19F3N4O6S. The van der Waals surface area contributed by atoms with Crippen LogP contribution in [-0.2, 0) is 14.8 Å². The summed E-state index contributed by atoms with van der Waals surface area (Å²) >= 11 is 0. The normalized spacial score (nSPS) is 21.5. The lowest BCUT2D eigenvalue weighted by Crippen LogP contribution is -2.72. The molecule has 170 valence electrons. The van der Waals surface area contributed by atoms with Gasteiger partial charge in [-0.3, -0.25) is 0 Å². The fourth-order valence-electron chi connectivity index (χ4n) is 3.78. The van der Waals surface area contributed by atoms with Gasteiger partial charge in [0.2, 0.25) is 10.0 Å². The van der Waals surface area contributed by atoms with E-state index in [-0.39, 0.29) is 43.7 Å². The standard InChI is InChI=1S/C17H19F3N4O6S/c18-17(19,20)30-12-2-1-3-13(8-12)31(27,28)24-6-4-22(5-7-24)15(26)23-9-16(10-23)11-29-14(25)21-16/h1-3,8H,4-7,9-11H2,(H,21,25). The van der Waals surface area contributed by atoms with Crippen LogP contribution in [0.15, 0.2) is 29.2 Å². The van der Waals surface area contributed by atoms with Gasteiger partial charge in [0.05, 0.1) is 18.0 Å². The molecule has 10 nitrogen and oxygen atoms in total. The summed E-state index contributed by atoms with van der Waals surface area (Å²) in [6.07, 6.45) is -5.45. The van der Waals surface area contributed by atoms with Gasteiger partial charge in [0.1, 0.15) is 17.9 Å². The highest BCUT2D eigenvalue weighted by atomic mass is 32.2. The van der Waals surface area contributed by atoms with Crippen molar-refractivity contribution in [1.29, 1.82) is 0 Å². The minimum Gasteiger partial charge on any atom is -0.447 e. The molecule has 14 heteroatoms. The summed E-state index contributed by atoms with van der Waals surface area (Å²) in [5.74, 6) is -0.628. The van der Waals surface area contributed by atoms with Crippen molar-refractivity contribution < 1.29 is 40.7 Å². The zero-order valence-electron chi connectivity index (χ0n) is 16.1. The summed E-state index contributed by atoms with van der Waals surface area (Å²) in [7, 11) is -4.06. The molecule has 1 spiro atoms. The van der Waals surface area contributed by atoms with Gasteiger partial charge in [-0.2, -0.15) is 4.31 Å². The molecule has 0 atom stereocenters. The first-order chi connectivity index (χ1) is 14.5. The number of halogens is 3. The monoisotopic (exact) mass is 464 g/mol. The number of sulfonamides is 1. The van der Waals surface area contributed by atoms with E-state index in [1.54, 1.807) is 0 Å². The number of carbonyl (C=O) groups is 2. The lowest BCUT2D eigenvalue weighted by atomic mass is 9.92. The van der Waals surface area contributed by atoms with Crippen LogP contribution in [0.1, 0.15) is 0 Å². The minimum absolute atomic E-state index is 0.00272. The van der Waals surface area contributed by atoms with E-state index in [0.29, 0.717) is 13.1 Å². The van der Waals surface area contributed by atoms with Crippen molar-refractivity contribution >= 4 is 22.1 Å². The number of urea groups is 1. The van der Waals surface area contributed by atoms with Crippen LogP contribution in [0.3, 0.4) is 0 Å². The summed E-state index contributed by atoms with van der Waals surface area (Å²) in [5, 5.41) is 2.68. The van der Waals surface area contributed by atoms with Gasteiger partial charge in [0.15, 0.2) is 0 Å². The van der Waals surface area contributed by atoms with E-state index in [4.69, 9.17) is 4.74 Å². The topological polar surface area (TPSA) is 108 Å². The van der Waals surface area contributed by atoms with Gasteiger partial charge in [0, 0.05) is 32.2 Å². The van der Waals surface area contributed by atoms with Gasteiger partial charge in [-0.25, -0.2) is 18.0 Å². The molecule has 3 aliphatic rings. The number of amides is 3. The SMILES string of the molecule is O=C1NC2(CO1)CN(C(=O)N1CCN(S(=O)(=O)c3cccc(OC(F)(F)F)c3)CC1)C2. The highest BCUT2D eigenvalue weighted by molar-refractivity contribution is 7.89. The molecule has 3 heterocycles. The number of likely N-dealkylation sites (tertiary alicyclic amines) is 1. The summed E-state index contributed by atoms with van der Waals surface area (Å²) < 4.78 is 72.6. The molecular weight excluding hydrogens is 445 g/mol. The highest BCUT2D eigenvalue weighted by Crippen LogP contribution is 2.28. The second-order valence-corrected chi connectivity index (χ2v) is 9.47. The zero-order chi connectivity index (χ0) is 22.4. The number of hydrogen-bond acceptors (Lipinski definition) is 6. The highest BCUT2D eigenvalue weighted by Gasteiger charge is 2.52. The fourth-order valence-corrected chi connectivity index (χ4v) is 5.24. The Balaban J connectivity index is 1.35. The molecule has 3 amide bonds. The number of nitrogens with zero attached hydrogens (tertiary/aromatic N) is 3. The van der Waals surface area contributed by atoms with E-state index in [2.05, 4.69) is 10.1 Å². The number of piperazine rings is 1. The van der Waals surface area contributed by atoms with E-state index in [9.17, 15) is 31.2 Å². The molecule has 1 aromatic carbocycles. The van der Waals surface area contributed by atoms with Gasteiger partial charge in [-0.05, 0) is 12.1 Å². The molecule has 0 radical (unpaired) electrons. The second-order valence-electron chi connectivity index (χ2n) is 7.53.